The molecule has 7 nitrogen and oxygen atoms in total. The highest BCUT2D eigenvalue weighted by Crippen LogP contribution is 2.29. The summed E-state index contributed by atoms with van der Waals surface area (Å²) in [5.74, 6) is -0.856. The topological polar surface area (TPSA) is 81.8 Å². The van der Waals surface area contributed by atoms with E-state index in [0.717, 1.165) is 13.1 Å². The average molecular weight is 469 g/mol. The number of benzene rings is 3. The minimum absolute atomic E-state index is 0.0631. The molecule has 2 aliphatic rings. The first kappa shape index (κ1) is 22.8. The van der Waals surface area contributed by atoms with Gasteiger partial charge in [0.05, 0.1) is 23.7 Å². The van der Waals surface area contributed by atoms with E-state index < -0.39 is 6.04 Å². The van der Waals surface area contributed by atoms with Gasteiger partial charge >= 0.3 is 0 Å². The van der Waals surface area contributed by atoms with Gasteiger partial charge in [-0.25, -0.2) is 0 Å². The van der Waals surface area contributed by atoms with E-state index in [1.54, 1.807) is 29.2 Å². The Bertz CT molecular complexity index is 1170. The molecule has 3 aromatic carbocycles. The van der Waals surface area contributed by atoms with Crippen molar-refractivity contribution in [3.05, 3.63) is 102 Å². The molecule has 35 heavy (non-hydrogen) atoms. The molecule has 0 saturated carbocycles. The van der Waals surface area contributed by atoms with Gasteiger partial charge in [-0.2, -0.15) is 0 Å². The molecule has 2 aliphatic heterocycles. The van der Waals surface area contributed by atoms with Gasteiger partial charge in [0.15, 0.2) is 0 Å². The van der Waals surface area contributed by atoms with E-state index in [1.807, 2.05) is 12.1 Å². The molecule has 2 N–H and O–H groups in total. The van der Waals surface area contributed by atoms with Crippen molar-refractivity contribution >= 4 is 23.4 Å². The van der Waals surface area contributed by atoms with Crippen molar-refractivity contribution in [2.45, 2.75) is 18.5 Å². The zero-order valence-electron chi connectivity index (χ0n) is 19.4. The summed E-state index contributed by atoms with van der Waals surface area (Å²) in [6.45, 7) is 2.57. The van der Waals surface area contributed by atoms with Crippen LogP contribution in [0, 0.1) is 0 Å². The molecule has 1 fully saturated rings. The van der Waals surface area contributed by atoms with E-state index in [1.165, 1.54) is 11.1 Å². The minimum Gasteiger partial charge on any atom is -0.340 e. The van der Waals surface area contributed by atoms with Crippen LogP contribution in [0.5, 0.6) is 0 Å². The summed E-state index contributed by atoms with van der Waals surface area (Å²) in [5, 5.41) is 5.48. The summed E-state index contributed by atoms with van der Waals surface area (Å²) in [7, 11) is 0. The SMILES string of the molecule is O=C1N[C@@H](CC(=O)N2CCN(C(c3ccccc3)c3ccccc3)CC2)C(=O)Nc2ccccc21. The third-order valence-electron chi connectivity index (χ3n) is 6.69. The van der Waals surface area contributed by atoms with Crippen LogP contribution in [0.1, 0.15) is 33.9 Å². The summed E-state index contributed by atoms with van der Waals surface area (Å²) in [4.78, 5) is 42.5. The first-order valence-corrected chi connectivity index (χ1v) is 11.9. The molecule has 0 aromatic heterocycles. The largest absolute Gasteiger partial charge is 0.340 e. The third kappa shape index (κ3) is 4.95. The molecule has 5 rings (SSSR count). The van der Waals surface area contributed by atoms with Gasteiger partial charge in [-0.05, 0) is 23.3 Å². The van der Waals surface area contributed by atoms with Crippen molar-refractivity contribution < 1.29 is 14.4 Å². The lowest BCUT2D eigenvalue weighted by Gasteiger charge is -2.40. The molecular weight excluding hydrogens is 440 g/mol. The maximum absolute atomic E-state index is 13.1. The second-order valence-electron chi connectivity index (χ2n) is 8.91. The van der Waals surface area contributed by atoms with Crippen LogP contribution in [0.15, 0.2) is 84.9 Å². The Morgan fingerprint density at radius 1 is 0.800 bits per heavy atom. The maximum Gasteiger partial charge on any atom is 0.254 e. The Morgan fingerprint density at radius 3 is 2.00 bits per heavy atom. The molecular formula is C28H28N4O3. The fraction of sp³-hybridized carbons (Fsp3) is 0.250. The van der Waals surface area contributed by atoms with Crippen molar-refractivity contribution in [1.82, 2.24) is 15.1 Å². The zero-order valence-corrected chi connectivity index (χ0v) is 19.4. The van der Waals surface area contributed by atoms with Gasteiger partial charge in [0.25, 0.3) is 5.91 Å². The Labute approximate surface area is 204 Å². The first-order chi connectivity index (χ1) is 17.1. The van der Waals surface area contributed by atoms with Gasteiger partial charge in [-0.3, -0.25) is 19.3 Å². The molecule has 7 heteroatoms. The van der Waals surface area contributed by atoms with E-state index >= 15 is 0 Å². The van der Waals surface area contributed by atoms with Crippen LogP contribution in [0.2, 0.25) is 0 Å². The highest BCUT2D eigenvalue weighted by molar-refractivity contribution is 6.10. The van der Waals surface area contributed by atoms with E-state index in [2.05, 4.69) is 64.1 Å². The lowest BCUT2D eigenvalue weighted by atomic mass is 9.96. The molecule has 3 aromatic rings. The minimum atomic E-state index is -0.901. The molecule has 0 radical (unpaired) electrons. The molecule has 0 unspecified atom stereocenters. The van der Waals surface area contributed by atoms with Crippen molar-refractivity contribution in [3.8, 4) is 0 Å². The number of rotatable bonds is 5. The summed E-state index contributed by atoms with van der Waals surface area (Å²) in [5.41, 5.74) is 3.30. The quantitative estimate of drug-likeness (QED) is 0.603. The fourth-order valence-electron chi connectivity index (χ4n) is 4.87. The van der Waals surface area contributed by atoms with Crippen LogP contribution in [-0.2, 0) is 9.59 Å². The summed E-state index contributed by atoms with van der Waals surface area (Å²) >= 11 is 0. The number of para-hydroxylation sites is 1. The molecule has 3 amide bonds. The Kier molecular flexibility index (Phi) is 6.59. The monoisotopic (exact) mass is 468 g/mol. The Morgan fingerprint density at radius 2 is 1.37 bits per heavy atom. The van der Waals surface area contributed by atoms with Gasteiger partial charge in [0.2, 0.25) is 11.8 Å². The van der Waals surface area contributed by atoms with Gasteiger partial charge in [0, 0.05) is 26.2 Å². The smallest absolute Gasteiger partial charge is 0.254 e. The van der Waals surface area contributed by atoms with Gasteiger partial charge < -0.3 is 15.5 Å². The number of nitrogens with one attached hydrogen (secondary N) is 2. The normalized spacial score (nSPS) is 18.4. The van der Waals surface area contributed by atoms with Crippen molar-refractivity contribution in [3.63, 3.8) is 0 Å². The van der Waals surface area contributed by atoms with E-state index in [4.69, 9.17) is 0 Å². The number of piperazine rings is 1. The van der Waals surface area contributed by atoms with Crippen LogP contribution in [0.4, 0.5) is 5.69 Å². The maximum atomic E-state index is 13.1. The predicted molar refractivity (Wildman–Crippen MR) is 134 cm³/mol. The molecule has 0 aliphatic carbocycles. The number of carbonyl (C=O) groups is 3. The van der Waals surface area contributed by atoms with Gasteiger partial charge in [0.1, 0.15) is 6.04 Å². The predicted octanol–water partition coefficient (Wildman–Crippen LogP) is 3.06. The van der Waals surface area contributed by atoms with Crippen LogP contribution in [-0.4, -0.2) is 59.7 Å². The van der Waals surface area contributed by atoms with Crippen LogP contribution in [0.25, 0.3) is 0 Å². The van der Waals surface area contributed by atoms with Crippen LogP contribution >= 0.6 is 0 Å². The van der Waals surface area contributed by atoms with Gasteiger partial charge in [-0.15, -0.1) is 0 Å². The average Bonchev–Trinajstić information content (AvgIpc) is 3.01. The second kappa shape index (κ2) is 10.1. The number of anilines is 1. The zero-order chi connectivity index (χ0) is 24.2. The highest BCUT2D eigenvalue weighted by atomic mass is 16.2. The molecule has 0 bridgehead atoms. The number of hydrogen-bond donors (Lipinski definition) is 2. The number of carbonyl (C=O) groups excluding carboxylic acids is 3. The van der Waals surface area contributed by atoms with Crippen LogP contribution in [0.3, 0.4) is 0 Å². The summed E-state index contributed by atoms with van der Waals surface area (Å²) in [6.07, 6.45) is -0.0631. The third-order valence-corrected chi connectivity index (χ3v) is 6.69. The Hall–Kier alpha value is -3.97. The number of hydrogen-bond acceptors (Lipinski definition) is 4. The van der Waals surface area contributed by atoms with Crippen LogP contribution < -0.4 is 10.6 Å². The summed E-state index contributed by atoms with van der Waals surface area (Å²) in [6, 6.07) is 26.9. The fourth-order valence-corrected chi connectivity index (χ4v) is 4.87. The van der Waals surface area contributed by atoms with Crippen molar-refractivity contribution in [2.75, 3.05) is 31.5 Å². The molecule has 178 valence electrons. The molecule has 2 heterocycles. The number of amides is 3. The molecule has 0 spiro atoms. The second-order valence-corrected chi connectivity index (χ2v) is 8.91. The highest BCUT2D eigenvalue weighted by Gasteiger charge is 2.33. The standard InChI is InChI=1S/C28H28N4O3/c33-25(19-24-28(35)29-23-14-8-7-13-22(23)27(34)30-24)31-15-17-32(18-16-31)26(20-9-3-1-4-10-20)21-11-5-2-6-12-21/h1-14,24,26H,15-19H2,(H,29,35)(H,30,34)/t24-/m0/s1. The van der Waals surface area contributed by atoms with E-state index in [9.17, 15) is 14.4 Å². The van der Waals surface area contributed by atoms with Gasteiger partial charge in [-0.1, -0.05) is 72.8 Å². The van der Waals surface area contributed by atoms with Crippen molar-refractivity contribution in [2.24, 2.45) is 0 Å². The molecule has 1 atom stereocenters. The number of nitrogens with zero attached hydrogens (tertiary/aromatic N) is 2. The lowest BCUT2D eigenvalue weighted by molar-refractivity contribution is -0.135. The van der Waals surface area contributed by atoms with E-state index in [-0.39, 0.29) is 30.2 Å². The first-order valence-electron chi connectivity index (χ1n) is 11.9. The molecule has 1 saturated heterocycles. The Balaban J connectivity index is 1.24. The van der Waals surface area contributed by atoms with Crippen molar-refractivity contribution in [1.29, 1.82) is 0 Å². The summed E-state index contributed by atoms with van der Waals surface area (Å²) < 4.78 is 0. The number of fused-ring (bicyclic) bond motifs is 1. The lowest BCUT2D eigenvalue weighted by Crippen LogP contribution is -2.52. The van der Waals surface area contributed by atoms with E-state index in [0.29, 0.717) is 24.3 Å².